The maximum atomic E-state index is 11.9. The van der Waals surface area contributed by atoms with Gasteiger partial charge in [0.15, 0.2) is 0 Å². The fourth-order valence-corrected chi connectivity index (χ4v) is 3.25. The third kappa shape index (κ3) is 3.18. The summed E-state index contributed by atoms with van der Waals surface area (Å²) in [5.74, 6) is -0.0715. The van der Waals surface area contributed by atoms with Crippen LogP contribution in [0.15, 0.2) is 44.7 Å². The van der Waals surface area contributed by atoms with Crippen molar-refractivity contribution in [3.63, 3.8) is 0 Å². The molecule has 0 aliphatic carbocycles. The molecule has 0 bridgehead atoms. The van der Waals surface area contributed by atoms with E-state index in [0.29, 0.717) is 12.1 Å². The van der Waals surface area contributed by atoms with Crippen LogP contribution in [0.4, 0.5) is 0 Å². The van der Waals surface area contributed by atoms with Crippen molar-refractivity contribution < 1.29 is 4.79 Å². The smallest absolute Gasteiger partial charge is 0.252 e. The molecule has 2 aromatic rings. The zero-order chi connectivity index (χ0) is 12.3. The molecule has 0 saturated heterocycles. The van der Waals surface area contributed by atoms with Gasteiger partial charge in [-0.3, -0.25) is 4.79 Å². The van der Waals surface area contributed by atoms with E-state index >= 15 is 0 Å². The predicted octanol–water partition coefficient (Wildman–Crippen LogP) is 4.20. The van der Waals surface area contributed by atoms with Crippen molar-refractivity contribution in [2.45, 2.75) is 6.54 Å². The van der Waals surface area contributed by atoms with Gasteiger partial charge in [-0.2, -0.15) is 0 Å². The highest BCUT2D eigenvalue weighted by Crippen LogP contribution is 2.22. The Hall–Kier alpha value is -0.650. The van der Waals surface area contributed by atoms with Crippen LogP contribution in [0, 0.1) is 0 Å². The van der Waals surface area contributed by atoms with Gasteiger partial charge in [-0.05, 0) is 55.4 Å². The molecule has 0 fully saturated rings. The van der Waals surface area contributed by atoms with E-state index in [1.54, 1.807) is 17.4 Å². The van der Waals surface area contributed by atoms with Crippen molar-refractivity contribution in [2.24, 2.45) is 0 Å². The van der Waals surface area contributed by atoms with Crippen LogP contribution in [0.2, 0.25) is 0 Å². The first-order valence-electron chi connectivity index (χ1n) is 4.93. The Morgan fingerprint density at radius 3 is 2.59 bits per heavy atom. The Kier molecular flexibility index (Phi) is 4.36. The zero-order valence-corrected chi connectivity index (χ0v) is 12.7. The third-order valence-corrected chi connectivity index (χ3v) is 4.84. The number of thiophene rings is 1. The van der Waals surface area contributed by atoms with Gasteiger partial charge >= 0.3 is 0 Å². The lowest BCUT2D eigenvalue weighted by Crippen LogP contribution is -2.22. The van der Waals surface area contributed by atoms with Crippen LogP contribution in [-0.2, 0) is 6.54 Å². The second-order valence-electron chi connectivity index (χ2n) is 3.35. The van der Waals surface area contributed by atoms with Gasteiger partial charge in [-0.15, -0.1) is 11.3 Å². The van der Waals surface area contributed by atoms with E-state index in [-0.39, 0.29) is 5.91 Å². The van der Waals surface area contributed by atoms with E-state index in [1.807, 2.05) is 29.6 Å². The van der Waals surface area contributed by atoms with E-state index in [9.17, 15) is 4.79 Å². The summed E-state index contributed by atoms with van der Waals surface area (Å²) in [5.41, 5.74) is 0.653. The quantitative estimate of drug-likeness (QED) is 0.856. The second-order valence-corrected chi connectivity index (χ2v) is 6.06. The number of nitrogens with one attached hydrogen (secondary N) is 1. The molecule has 2 rings (SSSR count). The largest absolute Gasteiger partial charge is 0.347 e. The molecule has 0 aliphatic rings. The maximum Gasteiger partial charge on any atom is 0.252 e. The minimum absolute atomic E-state index is 0.0715. The van der Waals surface area contributed by atoms with Crippen LogP contribution in [0.3, 0.4) is 0 Å². The first-order chi connectivity index (χ1) is 8.18. The lowest BCUT2D eigenvalue weighted by atomic mass is 10.2. The van der Waals surface area contributed by atoms with Gasteiger partial charge in [0.2, 0.25) is 0 Å². The molecular formula is C12H9Br2NOS. The molecule has 0 aliphatic heterocycles. The van der Waals surface area contributed by atoms with Crippen molar-refractivity contribution in [1.82, 2.24) is 5.32 Å². The Morgan fingerprint density at radius 2 is 1.94 bits per heavy atom. The number of carbonyl (C=O) groups excluding carboxylic acids is 1. The minimum atomic E-state index is -0.0715. The van der Waals surface area contributed by atoms with Crippen LogP contribution >= 0.6 is 43.2 Å². The summed E-state index contributed by atoms with van der Waals surface area (Å²) in [6, 6.07) is 9.36. The summed E-state index contributed by atoms with van der Waals surface area (Å²) in [4.78, 5) is 13.0. The van der Waals surface area contributed by atoms with Gasteiger partial charge in [-0.25, -0.2) is 0 Å². The van der Waals surface area contributed by atoms with Gasteiger partial charge in [0, 0.05) is 13.8 Å². The molecule has 2 nitrogen and oxygen atoms in total. The number of hydrogen-bond acceptors (Lipinski definition) is 2. The van der Waals surface area contributed by atoms with Crippen molar-refractivity contribution in [2.75, 3.05) is 0 Å². The molecule has 0 radical (unpaired) electrons. The molecule has 17 heavy (non-hydrogen) atoms. The SMILES string of the molecule is O=C(NCc1sccc1Br)c1ccccc1Br. The average molecular weight is 375 g/mol. The third-order valence-electron chi connectivity index (χ3n) is 2.22. The van der Waals surface area contributed by atoms with Crippen LogP contribution in [-0.4, -0.2) is 5.91 Å². The van der Waals surface area contributed by atoms with Gasteiger partial charge in [0.25, 0.3) is 5.91 Å². The Bertz CT molecular complexity index is 539. The molecular weight excluding hydrogens is 366 g/mol. The van der Waals surface area contributed by atoms with Crippen molar-refractivity contribution in [3.8, 4) is 0 Å². The number of benzene rings is 1. The molecule has 88 valence electrons. The monoisotopic (exact) mass is 373 g/mol. The lowest BCUT2D eigenvalue weighted by molar-refractivity contribution is 0.0950. The molecule has 0 atom stereocenters. The number of halogens is 2. The molecule has 1 amide bonds. The molecule has 0 spiro atoms. The summed E-state index contributed by atoms with van der Waals surface area (Å²) in [6.07, 6.45) is 0. The lowest BCUT2D eigenvalue weighted by Gasteiger charge is -2.05. The molecule has 1 aromatic carbocycles. The summed E-state index contributed by atoms with van der Waals surface area (Å²) in [6.45, 7) is 0.540. The molecule has 0 saturated carbocycles. The van der Waals surface area contributed by atoms with Crippen molar-refractivity contribution in [1.29, 1.82) is 0 Å². The van der Waals surface area contributed by atoms with Crippen LogP contribution < -0.4 is 5.32 Å². The second kappa shape index (κ2) is 5.80. The van der Waals surface area contributed by atoms with E-state index in [4.69, 9.17) is 0 Å². The fraction of sp³-hybridized carbons (Fsp3) is 0.0833. The molecule has 5 heteroatoms. The highest BCUT2D eigenvalue weighted by molar-refractivity contribution is 9.10. The zero-order valence-electron chi connectivity index (χ0n) is 8.74. The molecule has 1 heterocycles. The van der Waals surface area contributed by atoms with E-state index in [2.05, 4.69) is 37.2 Å². The van der Waals surface area contributed by atoms with Gasteiger partial charge in [-0.1, -0.05) is 12.1 Å². The van der Waals surface area contributed by atoms with Gasteiger partial charge < -0.3 is 5.32 Å². The first-order valence-corrected chi connectivity index (χ1v) is 7.39. The number of amides is 1. The van der Waals surface area contributed by atoms with Crippen LogP contribution in [0.25, 0.3) is 0 Å². The van der Waals surface area contributed by atoms with Crippen molar-refractivity contribution >= 4 is 49.1 Å². The average Bonchev–Trinajstić information content (AvgIpc) is 2.72. The first kappa shape index (κ1) is 12.8. The highest BCUT2D eigenvalue weighted by Gasteiger charge is 2.09. The number of carbonyl (C=O) groups is 1. The fourth-order valence-electron chi connectivity index (χ4n) is 1.35. The normalized spacial score (nSPS) is 10.2. The highest BCUT2D eigenvalue weighted by atomic mass is 79.9. The van der Waals surface area contributed by atoms with Gasteiger partial charge in [0.1, 0.15) is 0 Å². The number of rotatable bonds is 3. The van der Waals surface area contributed by atoms with Crippen LogP contribution in [0.1, 0.15) is 15.2 Å². The summed E-state index contributed by atoms with van der Waals surface area (Å²) in [7, 11) is 0. The molecule has 1 aromatic heterocycles. The Morgan fingerprint density at radius 1 is 1.18 bits per heavy atom. The number of hydrogen-bond donors (Lipinski definition) is 1. The van der Waals surface area contributed by atoms with Gasteiger partial charge in [0.05, 0.1) is 12.1 Å². The predicted molar refractivity (Wildman–Crippen MR) is 77.3 cm³/mol. The van der Waals surface area contributed by atoms with Crippen molar-refractivity contribution in [3.05, 3.63) is 55.1 Å². The topological polar surface area (TPSA) is 29.1 Å². The standard InChI is InChI=1S/C12H9Br2NOS/c13-9-4-2-1-3-8(9)12(16)15-7-11-10(14)5-6-17-11/h1-6H,7H2,(H,15,16). The summed E-state index contributed by atoms with van der Waals surface area (Å²) in [5, 5.41) is 4.88. The minimum Gasteiger partial charge on any atom is -0.347 e. The molecule has 1 N–H and O–H groups in total. The van der Waals surface area contributed by atoms with E-state index < -0.39 is 0 Å². The maximum absolute atomic E-state index is 11.9. The molecule has 0 unspecified atom stereocenters. The summed E-state index contributed by atoms with van der Waals surface area (Å²) >= 11 is 8.42. The summed E-state index contributed by atoms with van der Waals surface area (Å²) < 4.78 is 1.85. The Balaban J connectivity index is 2.04. The Labute approximate surface area is 120 Å². The van der Waals surface area contributed by atoms with Crippen LogP contribution in [0.5, 0.6) is 0 Å². The van der Waals surface area contributed by atoms with E-state index in [1.165, 1.54) is 0 Å². The van der Waals surface area contributed by atoms with E-state index in [0.717, 1.165) is 13.8 Å².